The van der Waals surface area contributed by atoms with Crippen LogP contribution in [0.2, 0.25) is 0 Å². The number of carbonyl (C=O) groups excluding carboxylic acids is 1. The highest BCUT2D eigenvalue weighted by Crippen LogP contribution is 2.39. The third kappa shape index (κ3) is 5.34. The van der Waals surface area contributed by atoms with Gasteiger partial charge in [0.05, 0.1) is 11.7 Å². The summed E-state index contributed by atoms with van der Waals surface area (Å²) in [6.07, 6.45) is -3.66. The standard InChI is InChI=1S/C20H18F3N6O5P/c1-28-9-12-6-7-29(31)17(15(12)18(28)30)26-16-14(20(21,22)23)8-24-19(27-16)25-13-4-2-11(3-5-13)10-35(32,33)34/h2-8,31H,9-10H2,1H3,(H,24,25,27)(H2,32,33,34). The van der Waals surface area contributed by atoms with Crippen LogP contribution in [-0.4, -0.2) is 47.5 Å². The largest absolute Gasteiger partial charge is 0.427 e. The molecule has 3 heterocycles. The zero-order valence-electron chi connectivity index (χ0n) is 17.9. The highest BCUT2D eigenvalue weighted by Gasteiger charge is 2.36. The number of benzene rings is 1. The highest BCUT2D eigenvalue weighted by molar-refractivity contribution is 7.50. The van der Waals surface area contributed by atoms with Crippen LogP contribution in [0.3, 0.4) is 0 Å². The molecule has 0 atom stereocenters. The summed E-state index contributed by atoms with van der Waals surface area (Å²) in [7, 11) is -2.76. The molecule has 4 rings (SSSR count). The SMILES string of the molecule is CN1Cc2ccn(O)c(=Nc3nc(Nc4ccc(CP(=O)(O)O)cc4)ncc3C(F)(F)F)c2C1=O. The molecule has 0 fully saturated rings. The molecule has 15 heteroatoms. The van der Waals surface area contributed by atoms with Crippen molar-refractivity contribution in [2.45, 2.75) is 18.9 Å². The van der Waals surface area contributed by atoms with E-state index in [1.54, 1.807) is 0 Å². The lowest BCUT2D eigenvalue weighted by Crippen LogP contribution is -2.28. The summed E-state index contributed by atoms with van der Waals surface area (Å²) in [5.74, 6) is -1.61. The number of amides is 1. The highest BCUT2D eigenvalue weighted by atomic mass is 31.2. The summed E-state index contributed by atoms with van der Waals surface area (Å²) < 4.78 is 52.5. The Labute approximate surface area is 195 Å². The molecule has 0 spiro atoms. The zero-order valence-corrected chi connectivity index (χ0v) is 18.8. The van der Waals surface area contributed by atoms with Gasteiger partial charge < -0.3 is 25.2 Å². The second-order valence-corrected chi connectivity index (χ2v) is 9.38. The van der Waals surface area contributed by atoms with E-state index < -0.39 is 42.7 Å². The Morgan fingerprint density at radius 2 is 1.89 bits per heavy atom. The van der Waals surface area contributed by atoms with Crippen molar-refractivity contribution in [3.63, 3.8) is 0 Å². The number of rotatable bonds is 5. The number of nitrogens with one attached hydrogen (secondary N) is 1. The molecule has 0 saturated carbocycles. The molecule has 4 N–H and O–H groups in total. The molecule has 0 aliphatic carbocycles. The topological polar surface area (TPSA) is 153 Å². The van der Waals surface area contributed by atoms with Gasteiger partial charge in [-0.2, -0.15) is 22.9 Å². The summed E-state index contributed by atoms with van der Waals surface area (Å²) in [5.41, 5.74) is -0.560. The van der Waals surface area contributed by atoms with Gasteiger partial charge in [0.25, 0.3) is 5.91 Å². The monoisotopic (exact) mass is 510 g/mol. The van der Waals surface area contributed by atoms with Gasteiger partial charge in [-0.15, -0.1) is 0 Å². The molecule has 11 nitrogen and oxygen atoms in total. The first-order valence-electron chi connectivity index (χ1n) is 9.90. The number of aromatic nitrogens is 3. The molecule has 35 heavy (non-hydrogen) atoms. The molecule has 184 valence electrons. The lowest BCUT2D eigenvalue weighted by Gasteiger charge is -2.12. The predicted octanol–water partition coefficient (Wildman–Crippen LogP) is 2.77. The molecule has 0 saturated heterocycles. The van der Waals surface area contributed by atoms with E-state index in [-0.39, 0.29) is 18.1 Å². The van der Waals surface area contributed by atoms with Crippen molar-refractivity contribution >= 4 is 31.0 Å². The van der Waals surface area contributed by atoms with Gasteiger partial charge in [-0.25, -0.2) is 9.98 Å². The Kier molecular flexibility index (Phi) is 6.13. The third-order valence-electron chi connectivity index (χ3n) is 5.03. The van der Waals surface area contributed by atoms with Gasteiger partial charge >= 0.3 is 13.8 Å². The van der Waals surface area contributed by atoms with E-state index >= 15 is 0 Å². The van der Waals surface area contributed by atoms with Crippen molar-refractivity contribution in [3.05, 3.63) is 70.5 Å². The zero-order chi connectivity index (χ0) is 25.5. The summed E-state index contributed by atoms with van der Waals surface area (Å²) in [6, 6.07) is 7.22. The van der Waals surface area contributed by atoms with Crippen molar-refractivity contribution in [3.8, 4) is 0 Å². The number of anilines is 2. The Hall–Kier alpha value is -3.74. The van der Waals surface area contributed by atoms with Crippen LogP contribution >= 0.6 is 7.60 Å². The molecule has 1 aliphatic heterocycles. The minimum Gasteiger partial charge on any atom is -0.427 e. The van der Waals surface area contributed by atoms with E-state index in [0.29, 0.717) is 27.7 Å². The fourth-order valence-corrected chi connectivity index (χ4v) is 4.13. The molecule has 1 aliphatic rings. The number of pyridine rings is 1. The van der Waals surface area contributed by atoms with Crippen molar-refractivity contribution in [1.29, 1.82) is 0 Å². The maximum absolute atomic E-state index is 13.6. The van der Waals surface area contributed by atoms with Crippen LogP contribution < -0.4 is 10.8 Å². The maximum Gasteiger partial charge on any atom is 0.421 e. The Bertz CT molecular complexity index is 1420. The Balaban J connectivity index is 1.76. The summed E-state index contributed by atoms with van der Waals surface area (Å²) in [5, 5.41) is 12.9. The minimum absolute atomic E-state index is 0.0422. The number of hydrogen-bond donors (Lipinski definition) is 4. The normalized spacial score (nSPS) is 14.4. The van der Waals surface area contributed by atoms with E-state index in [0.717, 1.165) is 6.20 Å². The van der Waals surface area contributed by atoms with Crippen LogP contribution in [0.4, 0.5) is 30.6 Å². The molecule has 1 amide bonds. The second-order valence-electron chi connectivity index (χ2n) is 7.73. The van der Waals surface area contributed by atoms with E-state index in [9.17, 15) is 27.7 Å². The molecular weight excluding hydrogens is 492 g/mol. The fraction of sp³-hybridized carbons (Fsp3) is 0.200. The fourth-order valence-electron chi connectivity index (χ4n) is 3.44. The molecule has 3 aromatic rings. The first-order valence-corrected chi connectivity index (χ1v) is 11.7. The van der Waals surface area contributed by atoms with Gasteiger partial charge in [-0.3, -0.25) is 9.36 Å². The van der Waals surface area contributed by atoms with Gasteiger partial charge in [0.1, 0.15) is 5.56 Å². The molecular formula is C20H18F3N6O5P. The van der Waals surface area contributed by atoms with Crippen LogP contribution in [0.15, 0.2) is 47.7 Å². The lowest BCUT2D eigenvalue weighted by atomic mass is 10.2. The summed E-state index contributed by atoms with van der Waals surface area (Å²) in [4.78, 5) is 43.3. The van der Waals surface area contributed by atoms with E-state index in [4.69, 9.17) is 9.79 Å². The van der Waals surface area contributed by atoms with Crippen molar-refractivity contribution in [1.82, 2.24) is 19.6 Å². The van der Waals surface area contributed by atoms with Gasteiger partial charge in [0.2, 0.25) is 5.95 Å². The predicted molar refractivity (Wildman–Crippen MR) is 115 cm³/mol. The van der Waals surface area contributed by atoms with E-state index in [1.807, 2.05) is 0 Å². The quantitative estimate of drug-likeness (QED) is 0.302. The van der Waals surface area contributed by atoms with Crippen LogP contribution in [-0.2, 0) is 23.4 Å². The first kappa shape index (κ1) is 24.4. The van der Waals surface area contributed by atoms with Crippen molar-refractivity contribution in [2.24, 2.45) is 4.99 Å². The number of halogens is 3. The molecule has 2 aromatic heterocycles. The average molecular weight is 510 g/mol. The number of alkyl halides is 3. The van der Waals surface area contributed by atoms with Crippen molar-refractivity contribution in [2.75, 3.05) is 12.4 Å². The van der Waals surface area contributed by atoms with Crippen LogP contribution in [0.5, 0.6) is 0 Å². The van der Waals surface area contributed by atoms with Gasteiger partial charge in [-0.1, -0.05) is 12.1 Å². The number of carbonyl (C=O) groups is 1. The van der Waals surface area contributed by atoms with Gasteiger partial charge in [-0.05, 0) is 29.3 Å². The lowest BCUT2D eigenvalue weighted by molar-refractivity contribution is -0.137. The summed E-state index contributed by atoms with van der Waals surface area (Å²) in [6.45, 7) is 0.207. The molecule has 0 bridgehead atoms. The summed E-state index contributed by atoms with van der Waals surface area (Å²) >= 11 is 0. The van der Waals surface area contributed by atoms with Crippen LogP contribution in [0.25, 0.3) is 0 Å². The van der Waals surface area contributed by atoms with Crippen molar-refractivity contribution < 1.29 is 37.5 Å². The number of fused-ring (bicyclic) bond motifs is 1. The molecule has 0 unspecified atom stereocenters. The van der Waals surface area contributed by atoms with E-state index in [2.05, 4.69) is 20.3 Å². The smallest absolute Gasteiger partial charge is 0.421 e. The molecule has 1 aromatic carbocycles. The number of nitrogens with zero attached hydrogens (tertiary/aromatic N) is 5. The minimum atomic E-state index is -4.87. The molecule has 0 radical (unpaired) electrons. The second kappa shape index (κ2) is 8.80. The van der Waals surface area contributed by atoms with E-state index in [1.165, 1.54) is 42.3 Å². The Morgan fingerprint density at radius 1 is 1.20 bits per heavy atom. The third-order valence-corrected chi connectivity index (χ3v) is 5.81. The average Bonchev–Trinajstić information content (AvgIpc) is 3.04. The maximum atomic E-state index is 13.6. The first-order chi connectivity index (χ1) is 16.3. The number of hydrogen-bond acceptors (Lipinski definition) is 7. The van der Waals surface area contributed by atoms with Gasteiger partial charge in [0, 0.05) is 31.7 Å². The van der Waals surface area contributed by atoms with Gasteiger partial charge in [0.15, 0.2) is 11.3 Å². The van der Waals surface area contributed by atoms with Crippen LogP contribution in [0, 0.1) is 0 Å². The van der Waals surface area contributed by atoms with Crippen LogP contribution in [0.1, 0.15) is 27.0 Å². The Morgan fingerprint density at radius 3 is 2.51 bits per heavy atom.